The number of aromatic amines is 1. The normalized spacial score (nSPS) is 14.6. The van der Waals surface area contributed by atoms with E-state index in [0.717, 1.165) is 4.47 Å². The van der Waals surface area contributed by atoms with Gasteiger partial charge < -0.3 is 15.8 Å². The molecule has 0 saturated carbocycles. The van der Waals surface area contributed by atoms with Gasteiger partial charge in [0.1, 0.15) is 6.10 Å². The summed E-state index contributed by atoms with van der Waals surface area (Å²) in [6, 6.07) is 7.36. The molecule has 0 spiro atoms. The number of hydrogen-bond donors (Lipinski definition) is 3. The number of nitrogens with one attached hydrogen (secondary N) is 1. The van der Waals surface area contributed by atoms with Crippen LogP contribution in [0.3, 0.4) is 0 Å². The van der Waals surface area contributed by atoms with Crippen LogP contribution < -0.4 is 5.73 Å². The number of aliphatic hydroxyl groups excluding tert-OH is 1. The third-order valence-electron chi connectivity index (χ3n) is 2.56. The monoisotopic (exact) mass is 357 g/mol. The van der Waals surface area contributed by atoms with Gasteiger partial charge in [0.05, 0.1) is 23.0 Å². The first-order valence-electron chi connectivity index (χ1n) is 5.84. The van der Waals surface area contributed by atoms with E-state index in [1.165, 1.54) is 6.20 Å². The zero-order chi connectivity index (χ0) is 14.5. The summed E-state index contributed by atoms with van der Waals surface area (Å²) in [4.78, 5) is 6.84. The van der Waals surface area contributed by atoms with Gasteiger partial charge in [0, 0.05) is 11.0 Å². The number of azo groups is 1. The predicted molar refractivity (Wildman–Crippen MR) is 80.6 cm³/mol. The van der Waals surface area contributed by atoms with Crippen molar-refractivity contribution in [2.75, 3.05) is 6.54 Å². The van der Waals surface area contributed by atoms with Gasteiger partial charge in [-0.05, 0) is 24.3 Å². The van der Waals surface area contributed by atoms with Gasteiger partial charge in [0.15, 0.2) is 0 Å². The van der Waals surface area contributed by atoms with E-state index >= 15 is 0 Å². The van der Waals surface area contributed by atoms with Crippen LogP contribution >= 0.6 is 27.5 Å². The number of hydrogen-bond acceptors (Lipinski definition) is 5. The maximum atomic E-state index is 9.86. The molecule has 0 radical (unpaired) electrons. The van der Waals surface area contributed by atoms with Gasteiger partial charge >= 0.3 is 0 Å². The number of aromatic nitrogens is 2. The van der Waals surface area contributed by atoms with Crippen molar-refractivity contribution in [1.82, 2.24) is 9.97 Å². The van der Waals surface area contributed by atoms with Crippen molar-refractivity contribution in [1.29, 1.82) is 0 Å². The number of H-pyrrole nitrogens is 1. The Kier molecular flexibility index (Phi) is 5.24. The van der Waals surface area contributed by atoms with Crippen LogP contribution in [0.2, 0.25) is 0 Å². The molecule has 2 atom stereocenters. The minimum absolute atomic E-state index is 0.164. The fourth-order valence-electron chi connectivity index (χ4n) is 1.46. The summed E-state index contributed by atoms with van der Waals surface area (Å²) < 4.78 is 0.967. The molecule has 20 heavy (non-hydrogen) atoms. The van der Waals surface area contributed by atoms with Crippen molar-refractivity contribution >= 4 is 39.2 Å². The second-order valence-electron chi connectivity index (χ2n) is 4.04. The summed E-state index contributed by atoms with van der Waals surface area (Å²) in [7, 11) is 0. The Hall–Kier alpha value is -1.28. The molecule has 0 bridgehead atoms. The van der Waals surface area contributed by atoms with Gasteiger partial charge in [-0.3, -0.25) is 0 Å². The number of nitrogens with two attached hydrogens (primary N) is 1. The molecular weight excluding hydrogens is 346 g/mol. The van der Waals surface area contributed by atoms with Crippen LogP contribution in [0.5, 0.6) is 0 Å². The average Bonchev–Trinajstić information content (AvgIpc) is 2.94. The van der Waals surface area contributed by atoms with E-state index in [9.17, 15) is 5.11 Å². The molecule has 0 saturated heterocycles. The lowest BCUT2D eigenvalue weighted by Gasteiger charge is -2.12. The number of benzene rings is 1. The molecule has 6 nitrogen and oxygen atoms in total. The molecule has 1 heterocycles. The minimum Gasteiger partial charge on any atom is -0.385 e. The van der Waals surface area contributed by atoms with E-state index in [-0.39, 0.29) is 6.54 Å². The van der Waals surface area contributed by atoms with Crippen molar-refractivity contribution in [3.8, 4) is 0 Å². The smallest absolute Gasteiger partial charge is 0.247 e. The molecule has 0 amide bonds. The van der Waals surface area contributed by atoms with Crippen LogP contribution in [0.1, 0.15) is 11.8 Å². The first kappa shape index (κ1) is 15.1. The predicted octanol–water partition coefficient (Wildman–Crippen LogP) is 3.19. The summed E-state index contributed by atoms with van der Waals surface area (Å²) >= 11 is 9.21. The Bertz CT molecular complexity index is 586. The standard InChI is InChI=1S/C12H13BrClN5O/c13-7-1-3-8(4-2-7)18-19-12-16-6-10(17-12)11(20)9(14)5-15/h1-4,6,9,11,20H,5,15H2,(H,16,17)/t9-,11+/m0/s1. The second-order valence-corrected chi connectivity index (χ2v) is 5.51. The van der Waals surface area contributed by atoms with Crippen molar-refractivity contribution < 1.29 is 5.11 Å². The Morgan fingerprint density at radius 3 is 2.70 bits per heavy atom. The van der Waals surface area contributed by atoms with Crippen LogP contribution in [0.25, 0.3) is 0 Å². The molecule has 0 aliphatic carbocycles. The third kappa shape index (κ3) is 3.86. The zero-order valence-corrected chi connectivity index (χ0v) is 12.7. The summed E-state index contributed by atoms with van der Waals surface area (Å²) in [5.74, 6) is 0.294. The highest BCUT2D eigenvalue weighted by molar-refractivity contribution is 9.10. The number of alkyl halides is 1. The van der Waals surface area contributed by atoms with Crippen molar-refractivity contribution in [2.24, 2.45) is 16.0 Å². The Balaban J connectivity index is 2.07. The summed E-state index contributed by atoms with van der Waals surface area (Å²) in [5.41, 5.74) is 6.55. The van der Waals surface area contributed by atoms with E-state index in [1.54, 1.807) is 0 Å². The van der Waals surface area contributed by atoms with E-state index in [0.29, 0.717) is 17.3 Å². The highest BCUT2D eigenvalue weighted by Gasteiger charge is 2.19. The molecule has 106 valence electrons. The Labute approximate surface area is 129 Å². The fraction of sp³-hybridized carbons (Fsp3) is 0.250. The van der Waals surface area contributed by atoms with Gasteiger partial charge in [0.2, 0.25) is 5.95 Å². The van der Waals surface area contributed by atoms with Crippen LogP contribution in [0, 0.1) is 0 Å². The molecule has 2 rings (SSSR count). The molecular formula is C12H13BrClN5O. The highest BCUT2D eigenvalue weighted by Crippen LogP contribution is 2.22. The van der Waals surface area contributed by atoms with Crippen LogP contribution in [-0.2, 0) is 0 Å². The summed E-state index contributed by atoms with van der Waals surface area (Å²) in [6.45, 7) is 0.164. The molecule has 0 aliphatic heterocycles. The topological polar surface area (TPSA) is 99.7 Å². The molecule has 0 unspecified atom stereocenters. The van der Waals surface area contributed by atoms with Gasteiger partial charge in [-0.2, -0.15) is 0 Å². The quantitative estimate of drug-likeness (QED) is 0.565. The van der Waals surface area contributed by atoms with E-state index < -0.39 is 11.5 Å². The van der Waals surface area contributed by atoms with Crippen LogP contribution in [-0.4, -0.2) is 27.0 Å². The molecule has 1 aromatic heterocycles. The molecule has 2 aromatic rings. The van der Waals surface area contributed by atoms with Crippen molar-refractivity contribution in [2.45, 2.75) is 11.5 Å². The Morgan fingerprint density at radius 2 is 2.05 bits per heavy atom. The van der Waals surface area contributed by atoms with E-state index in [2.05, 4.69) is 36.1 Å². The molecule has 0 fully saturated rings. The average molecular weight is 359 g/mol. The van der Waals surface area contributed by atoms with E-state index in [1.807, 2.05) is 24.3 Å². The highest BCUT2D eigenvalue weighted by atomic mass is 79.9. The molecule has 0 aliphatic rings. The van der Waals surface area contributed by atoms with Gasteiger partial charge in [0.25, 0.3) is 0 Å². The zero-order valence-electron chi connectivity index (χ0n) is 10.4. The molecule has 4 N–H and O–H groups in total. The number of nitrogens with zero attached hydrogens (tertiary/aromatic N) is 3. The maximum absolute atomic E-state index is 9.86. The number of rotatable bonds is 5. The van der Waals surface area contributed by atoms with Gasteiger partial charge in [-0.1, -0.05) is 15.9 Å². The fourth-order valence-corrected chi connectivity index (χ4v) is 1.86. The van der Waals surface area contributed by atoms with Gasteiger partial charge in [-0.15, -0.1) is 21.8 Å². The second kappa shape index (κ2) is 6.94. The lowest BCUT2D eigenvalue weighted by Crippen LogP contribution is -2.22. The van der Waals surface area contributed by atoms with Gasteiger partial charge in [-0.25, -0.2) is 4.98 Å². The first-order valence-corrected chi connectivity index (χ1v) is 7.07. The van der Waals surface area contributed by atoms with Crippen molar-refractivity contribution in [3.05, 3.63) is 40.6 Å². The molecule has 1 aromatic carbocycles. The van der Waals surface area contributed by atoms with Crippen LogP contribution in [0.15, 0.2) is 45.2 Å². The molecule has 8 heteroatoms. The summed E-state index contributed by atoms with van der Waals surface area (Å²) in [5, 5.41) is 17.3. The Morgan fingerprint density at radius 1 is 1.35 bits per heavy atom. The SMILES string of the molecule is NC[C@H](Cl)[C@@H](O)c1cnc(N=Nc2ccc(Br)cc2)[nH]1. The third-order valence-corrected chi connectivity index (χ3v) is 3.50. The largest absolute Gasteiger partial charge is 0.385 e. The number of imidazole rings is 1. The van der Waals surface area contributed by atoms with Crippen LogP contribution in [0.4, 0.5) is 11.6 Å². The summed E-state index contributed by atoms with van der Waals surface area (Å²) in [6.07, 6.45) is 0.553. The maximum Gasteiger partial charge on any atom is 0.247 e. The minimum atomic E-state index is -0.911. The number of halogens is 2. The van der Waals surface area contributed by atoms with Crippen molar-refractivity contribution in [3.63, 3.8) is 0 Å². The first-order chi connectivity index (χ1) is 9.60. The lowest BCUT2D eigenvalue weighted by atomic mass is 10.2. The van der Waals surface area contributed by atoms with E-state index in [4.69, 9.17) is 17.3 Å². The number of aliphatic hydroxyl groups is 1. The lowest BCUT2D eigenvalue weighted by molar-refractivity contribution is 0.170.